The van der Waals surface area contributed by atoms with Crippen molar-refractivity contribution in [2.24, 2.45) is 5.92 Å². The third-order valence-corrected chi connectivity index (χ3v) is 9.12. The van der Waals surface area contributed by atoms with Crippen LogP contribution in [0.4, 0.5) is 5.82 Å². The first-order valence-corrected chi connectivity index (χ1v) is 15.6. The van der Waals surface area contributed by atoms with Crippen LogP contribution in [0.1, 0.15) is 42.4 Å². The minimum atomic E-state index is 0.0905. The van der Waals surface area contributed by atoms with Crippen molar-refractivity contribution in [2.45, 2.75) is 56.6 Å². The van der Waals surface area contributed by atoms with E-state index in [1.807, 2.05) is 16.2 Å². The first-order valence-electron chi connectivity index (χ1n) is 14.8. The molecule has 0 unspecified atom stereocenters. The fourth-order valence-corrected chi connectivity index (χ4v) is 6.63. The highest BCUT2D eigenvalue weighted by molar-refractivity contribution is 7.98. The van der Waals surface area contributed by atoms with Gasteiger partial charge in [0.2, 0.25) is 0 Å². The summed E-state index contributed by atoms with van der Waals surface area (Å²) >= 11 is 1.61. The number of anilines is 1. The molecule has 1 aliphatic carbocycles. The van der Waals surface area contributed by atoms with Gasteiger partial charge in [-0.1, -0.05) is 78.4 Å². The van der Waals surface area contributed by atoms with Crippen LogP contribution in [0.2, 0.25) is 0 Å². The van der Waals surface area contributed by atoms with E-state index in [1.165, 1.54) is 16.7 Å². The van der Waals surface area contributed by atoms with Gasteiger partial charge in [0.25, 0.3) is 0 Å². The summed E-state index contributed by atoms with van der Waals surface area (Å²) in [6.07, 6.45) is 7.64. The average Bonchev–Trinajstić information content (AvgIpc) is 3.43. The second kappa shape index (κ2) is 13.4. The number of aryl methyl sites for hydroxylation is 1. The lowest BCUT2D eigenvalue weighted by molar-refractivity contribution is -0.122. The topological polar surface area (TPSA) is 63.1 Å². The molecule has 0 spiro atoms. The molecule has 5 aromatic rings. The number of nitrogens with one attached hydrogen (secondary N) is 1. The molecule has 6 rings (SSSR count). The Hall–Kier alpha value is -3.94. The molecule has 0 radical (unpaired) electrons. The van der Waals surface area contributed by atoms with E-state index >= 15 is 0 Å². The highest BCUT2D eigenvalue weighted by atomic mass is 32.2. The van der Waals surface area contributed by atoms with E-state index in [2.05, 4.69) is 107 Å². The van der Waals surface area contributed by atoms with Crippen LogP contribution in [0.3, 0.4) is 0 Å². The van der Waals surface area contributed by atoms with Gasteiger partial charge < -0.3 is 5.32 Å². The molecule has 7 heteroatoms. The van der Waals surface area contributed by atoms with Gasteiger partial charge in [0.1, 0.15) is 11.3 Å². The van der Waals surface area contributed by atoms with Crippen LogP contribution >= 0.6 is 11.9 Å². The summed E-state index contributed by atoms with van der Waals surface area (Å²) in [5, 5.41) is 3.25. The molecule has 0 amide bonds. The van der Waals surface area contributed by atoms with Gasteiger partial charge in [-0.25, -0.2) is 9.97 Å². The molecule has 1 N–H and O–H groups in total. The second-order valence-corrected chi connectivity index (χ2v) is 12.3. The lowest BCUT2D eigenvalue weighted by Crippen LogP contribution is -2.39. The highest BCUT2D eigenvalue weighted by Gasteiger charge is 2.29. The van der Waals surface area contributed by atoms with Crippen LogP contribution in [-0.4, -0.2) is 37.2 Å². The van der Waals surface area contributed by atoms with Gasteiger partial charge in [-0.2, -0.15) is 0 Å². The summed E-state index contributed by atoms with van der Waals surface area (Å²) in [4.78, 5) is 26.3. The zero-order chi connectivity index (χ0) is 28.7. The van der Waals surface area contributed by atoms with Crippen molar-refractivity contribution >= 4 is 34.7 Å². The fraction of sp³-hybridized carbons (Fsp3) is 0.286. The van der Waals surface area contributed by atoms with Gasteiger partial charge in [0.05, 0.1) is 12.7 Å². The molecule has 0 aliphatic heterocycles. The minimum Gasteiger partial charge on any atom is -0.362 e. The molecular weight excluding hydrogens is 538 g/mol. The summed E-state index contributed by atoms with van der Waals surface area (Å²) in [7, 11) is 0. The molecule has 0 bridgehead atoms. The van der Waals surface area contributed by atoms with Gasteiger partial charge in [0.15, 0.2) is 11.4 Å². The monoisotopic (exact) mass is 575 g/mol. The Morgan fingerprint density at radius 1 is 0.881 bits per heavy atom. The van der Waals surface area contributed by atoms with E-state index in [9.17, 15) is 4.79 Å². The van der Waals surface area contributed by atoms with Gasteiger partial charge in [-0.15, -0.1) is 0 Å². The molecule has 1 aliphatic rings. The van der Waals surface area contributed by atoms with E-state index in [1.54, 1.807) is 18.1 Å². The number of carbonyl (C=O) groups excluding carboxylic acids is 1. The smallest absolute Gasteiger partial charge is 0.169 e. The van der Waals surface area contributed by atoms with Crippen LogP contribution in [0.15, 0.2) is 108 Å². The molecule has 3 aromatic carbocycles. The number of hydrogen-bond acceptors (Lipinski definition) is 6. The zero-order valence-corrected chi connectivity index (χ0v) is 24.8. The van der Waals surface area contributed by atoms with Gasteiger partial charge >= 0.3 is 0 Å². The zero-order valence-electron chi connectivity index (χ0n) is 24.0. The lowest BCUT2D eigenvalue weighted by Gasteiger charge is -2.37. The van der Waals surface area contributed by atoms with Crippen LogP contribution in [-0.2, 0) is 17.9 Å². The third-order valence-electron chi connectivity index (χ3n) is 8.15. The molecule has 2 heterocycles. The molecular formula is C35H37N5OS. The number of rotatable bonds is 11. The van der Waals surface area contributed by atoms with Crippen LogP contribution in [0.5, 0.6) is 0 Å². The van der Waals surface area contributed by atoms with Gasteiger partial charge in [0, 0.05) is 36.1 Å². The van der Waals surface area contributed by atoms with E-state index in [4.69, 9.17) is 4.98 Å². The quantitative estimate of drug-likeness (QED) is 0.176. The first-order chi connectivity index (χ1) is 20.6. The Kier molecular flexibility index (Phi) is 8.97. The van der Waals surface area contributed by atoms with E-state index in [0.29, 0.717) is 11.9 Å². The van der Waals surface area contributed by atoms with Crippen molar-refractivity contribution in [1.82, 2.24) is 18.8 Å². The first kappa shape index (κ1) is 28.2. The SMILES string of the molecule is Cc1ccc(Sn2ccc3nc(NCC(=O)C4CCC(N(Cc5ccccc5)Cc5ccccc5)CC4)cnc32)cc1. The maximum absolute atomic E-state index is 13.2. The number of hydrogen-bond donors (Lipinski definition) is 1. The molecule has 0 saturated heterocycles. The maximum Gasteiger partial charge on any atom is 0.169 e. The summed E-state index contributed by atoms with van der Waals surface area (Å²) in [6, 6.07) is 32.3. The van der Waals surface area contributed by atoms with Crippen molar-refractivity contribution in [2.75, 3.05) is 11.9 Å². The molecule has 6 nitrogen and oxygen atoms in total. The summed E-state index contributed by atoms with van der Waals surface area (Å²) in [6.45, 7) is 4.22. The summed E-state index contributed by atoms with van der Waals surface area (Å²) in [5.74, 6) is 0.993. The second-order valence-electron chi connectivity index (χ2n) is 11.2. The number of Topliss-reactive ketones (excluding diaryl/α,β-unsaturated/α-hetero) is 1. The molecule has 1 saturated carbocycles. The number of fused-ring (bicyclic) bond motifs is 1. The Morgan fingerprint density at radius 2 is 1.52 bits per heavy atom. The summed E-state index contributed by atoms with van der Waals surface area (Å²) in [5.41, 5.74) is 5.52. The van der Waals surface area contributed by atoms with Crippen molar-refractivity contribution < 1.29 is 4.79 Å². The van der Waals surface area contributed by atoms with Crippen molar-refractivity contribution in [3.05, 3.63) is 120 Å². The maximum atomic E-state index is 13.2. The Morgan fingerprint density at radius 3 is 2.17 bits per heavy atom. The van der Waals surface area contributed by atoms with Gasteiger partial charge in [-0.05, 0) is 73.9 Å². The van der Waals surface area contributed by atoms with Crippen molar-refractivity contribution in [3.8, 4) is 0 Å². The predicted molar refractivity (Wildman–Crippen MR) is 171 cm³/mol. The van der Waals surface area contributed by atoms with E-state index < -0.39 is 0 Å². The average molecular weight is 576 g/mol. The molecule has 1 fully saturated rings. The summed E-state index contributed by atoms with van der Waals surface area (Å²) < 4.78 is 2.03. The Balaban J connectivity index is 1.03. The molecule has 42 heavy (non-hydrogen) atoms. The van der Waals surface area contributed by atoms with Crippen LogP contribution in [0, 0.1) is 12.8 Å². The Bertz CT molecular complexity index is 1550. The fourth-order valence-electron chi connectivity index (χ4n) is 5.79. The lowest BCUT2D eigenvalue weighted by atomic mass is 9.82. The highest BCUT2D eigenvalue weighted by Crippen LogP contribution is 2.31. The van der Waals surface area contributed by atoms with Crippen molar-refractivity contribution in [1.29, 1.82) is 0 Å². The predicted octanol–water partition coefficient (Wildman–Crippen LogP) is 7.54. The minimum absolute atomic E-state index is 0.0905. The largest absolute Gasteiger partial charge is 0.362 e. The standard InChI is InChI=1S/C35H37N5OS/c1-26-12-18-31(19-13-26)42-40-21-20-32-35(40)37-23-34(38-32)36-22-33(41)29-14-16-30(17-15-29)39(24-27-8-4-2-5-9-27)25-28-10-6-3-7-11-28/h2-13,18-21,23,29-30H,14-17,22,24-25H2,1H3,(H,36,38). The number of benzene rings is 3. The van der Waals surface area contributed by atoms with Crippen LogP contribution in [0.25, 0.3) is 11.2 Å². The molecule has 2 aromatic heterocycles. The van der Waals surface area contributed by atoms with Crippen molar-refractivity contribution in [3.63, 3.8) is 0 Å². The van der Waals surface area contributed by atoms with E-state index in [-0.39, 0.29) is 18.2 Å². The molecule has 0 atom stereocenters. The Labute approximate surface area is 252 Å². The molecule has 214 valence electrons. The van der Waals surface area contributed by atoms with Crippen LogP contribution < -0.4 is 5.32 Å². The number of ketones is 1. The normalized spacial score (nSPS) is 17.0. The van der Waals surface area contributed by atoms with Gasteiger partial charge in [-0.3, -0.25) is 13.7 Å². The number of nitrogens with zero attached hydrogens (tertiary/aromatic N) is 4. The van der Waals surface area contributed by atoms with E-state index in [0.717, 1.165) is 54.8 Å². The number of aromatic nitrogens is 3. The number of carbonyl (C=O) groups is 1. The third kappa shape index (κ3) is 7.09.